The second kappa shape index (κ2) is 11.9. The van der Waals surface area contributed by atoms with Crippen molar-refractivity contribution < 1.29 is 14.3 Å². The average Bonchev–Trinajstić information content (AvgIpc) is 3.23. The fourth-order valence-corrected chi connectivity index (χ4v) is 3.07. The summed E-state index contributed by atoms with van der Waals surface area (Å²) in [5.41, 5.74) is 0.856. The van der Waals surface area contributed by atoms with Gasteiger partial charge in [-0.3, -0.25) is 9.79 Å². The number of amides is 1. The number of anilines is 1. The molecule has 1 aromatic carbocycles. The van der Waals surface area contributed by atoms with Crippen molar-refractivity contribution in [2.75, 3.05) is 38.7 Å². The Morgan fingerprint density at radius 1 is 1.18 bits per heavy atom. The molecule has 0 fully saturated rings. The predicted octanol–water partition coefficient (Wildman–Crippen LogP) is 3.35. The number of methoxy groups -OCH3 is 1. The molecule has 152 valence electrons. The topological polar surface area (TPSA) is 84.0 Å². The van der Waals surface area contributed by atoms with Crippen LogP contribution in [0.1, 0.15) is 29.9 Å². The van der Waals surface area contributed by atoms with Crippen molar-refractivity contribution in [1.82, 2.24) is 10.6 Å². The van der Waals surface area contributed by atoms with E-state index in [0.717, 1.165) is 23.5 Å². The van der Waals surface area contributed by atoms with Gasteiger partial charge in [-0.05, 0) is 43.8 Å². The molecule has 0 atom stereocenters. The second-order valence-electron chi connectivity index (χ2n) is 5.77. The maximum absolute atomic E-state index is 11.9. The zero-order valence-electron chi connectivity index (χ0n) is 16.6. The highest BCUT2D eigenvalue weighted by molar-refractivity contribution is 7.12. The molecule has 0 saturated heterocycles. The number of carbonyl (C=O) groups is 1. The molecule has 0 aliphatic carbocycles. The van der Waals surface area contributed by atoms with E-state index in [1.807, 2.05) is 49.6 Å². The van der Waals surface area contributed by atoms with Gasteiger partial charge in [-0.25, -0.2) is 0 Å². The molecule has 0 aliphatic rings. The van der Waals surface area contributed by atoms with Crippen LogP contribution in [0.15, 0.2) is 40.7 Å². The largest absolute Gasteiger partial charge is 0.493 e. The number of hydrogen-bond donors (Lipinski definition) is 3. The van der Waals surface area contributed by atoms with E-state index in [1.165, 1.54) is 11.3 Å². The molecular formula is C20H28N4O3S. The third-order valence-corrected chi connectivity index (χ3v) is 4.57. The van der Waals surface area contributed by atoms with Crippen molar-refractivity contribution in [1.29, 1.82) is 0 Å². The highest BCUT2D eigenvalue weighted by Crippen LogP contribution is 2.30. The van der Waals surface area contributed by atoms with Gasteiger partial charge in [0.25, 0.3) is 5.91 Å². The Kier molecular flexibility index (Phi) is 9.14. The van der Waals surface area contributed by atoms with Crippen LogP contribution in [0.25, 0.3) is 0 Å². The molecule has 0 aliphatic heterocycles. The molecule has 3 N–H and O–H groups in total. The lowest BCUT2D eigenvalue weighted by Gasteiger charge is -2.14. The average molecular weight is 405 g/mol. The molecule has 0 unspecified atom stereocenters. The van der Waals surface area contributed by atoms with Gasteiger partial charge in [-0.15, -0.1) is 11.3 Å². The number of thiophene rings is 1. The fourth-order valence-electron chi connectivity index (χ4n) is 2.43. The van der Waals surface area contributed by atoms with Gasteiger partial charge in [0.15, 0.2) is 17.5 Å². The highest BCUT2D eigenvalue weighted by Gasteiger charge is 2.07. The van der Waals surface area contributed by atoms with E-state index in [0.29, 0.717) is 37.2 Å². The zero-order chi connectivity index (χ0) is 20.2. The van der Waals surface area contributed by atoms with Crippen LogP contribution in [0, 0.1) is 0 Å². The minimum absolute atomic E-state index is 0.0364. The Bertz CT molecular complexity index is 763. The molecule has 28 heavy (non-hydrogen) atoms. The van der Waals surface area contributed by atoms with Gasteiger partial charge >= 0.3 is 0 Å². The first-order valence-electron chi connectivity index (χ1n) is 9.35. The number of rotatable bonds is 10. The van der Waals surface area contributed by atoms with Gasteiger partial charge in [0.05, 0.1) is 18.6 Å². The van der Waals surface area contributed by atoms with Gasteiger partial charge < -0.3 is 25.4 Å². The van der Waals surface area contributed by atoms with E-state index in [-0.39, 0.29) is 5.91 Å². The third kappa shape index (κ3) is 6.77. The lowest BCUT2D eigenvalue weighted by molar-refractivity contribution is 0.0957. The summed E-state index contributed by atoms with van der Waals surface area (Å²) in [6, 6.07) is 9.34. The van der Waals surface area contributed by atoms with E-state index in [4.69, 9.17) is 9.47 Å². The first kappa shape index (κ1) is 21.6. The summed E-state index contributed by atoms with van der Waals surface area (Å²) in [6.45, 7) is 6.42. The zero-order valence-corrected chi connectivity index (χ0v) is 17.4. The predicted molar refractivity (Wildman–Crippen MR) is 115 cm³/mol. The number of ether oxygens (including phenoxy) is 2. The summed E-state index contributed by atoms with van der Waals surface area (Å²) in [6.07, 6.45) is 0.750. The molecule has 0 saturated carbocycles. The van der Waals surface area contributed by atoms with Gasteiger partial charge in [-0.1, -0.05) is 6.07 Å². The lowest BCUT2D eigenvalue weighted by atomic mass is 10.2. The Morgan fingerprint density at radius 2 is 2.04 bits per heavy atom. The van der Waals surface area contributed by atoms with Crippen molar-refractivity contribution in [3.63, 3.8) is 0 Å². The Labute approximate surface area is 170 Å². The molecule has 0 spiro atoms. The van der Waals surface area contributed by atoms with Gasteiger partial charge in [0.1, 0.15) is 0 Å². The standard InChI is InChI=1S/C20H28N4O3S/c1-4-21-20(23-12-7-11-22-19(25)18-8-6-13-28-18)24-15-9-10-16(26-3)17(14-15)27-5-2/h6,8-10,13-14H,4-5,7,11-12H2,1-3H3,(H,22,25)(H2,21,23,24). The summed E-state index contributed by atoms with van der Waals surface area (Å²) in [5.74, 6) is 2.02. The van der Waals surface area contributed by atoms with Crippen molar-refractivity contribution in [2.45, 2.75) is 20.3 Å². The fraction of sp³-hybridized carbons (Fsp3) is 0.400. The van der Waals surface area contributed by atoms with Gasteiger partial charge in [-0.2, -0.15) is 0 Å². The number of benzene rings is 1. The number of guanidine groups is 1. The number of hydrogen-bond acceptors (Lipinski definition) is 5. The van der Waals surface area contributed by atoms with E-state index in [1.54, 1.807) is 7.11 Å². The number of aliphatic imine (C=N–C) groups is 1. The van der Waals surface area contributed by atoms with Gasteiger partial charge in [0.2, 0.25) is 0 Å². The maximum Gasteiger partial charge on any atom is 0.261 e. The van der Waals surface area contributed by atoms with Crippen LogP contribution in [0.5, 0.6) is 11.5 Å². The number of nitrogens with one attached hydrogen (secondary N) is 3. The molecule has 1 aromatic heterocycles. The molecule has 1 amide bonds. The summed E-state index contributed by atoms with van der Waals surface area (Å²) in [7, 11) is 1.62. The van der Waals surface area contributed by atoms with Crippen molar-refractivity contribution in [3.05, 3.63) is 40.6 Å². The smallest absolute Gasteiger partial charge is 0.261 e. The van der Waals surface area contributed by atoms with E-state index < -0.39 is 0 Å². The van der Waals surface area contributed by atoms with Crippen molar-refractivity contribution in [2.24, 2.45) is 4.99 Å². The van der Waals surface area contributed by atoms with E-state index in [2.05, 4.69) is 20.9 Å². The van der Waals surface area contributed by atoms with Crippen LogP contribution >= 0.6 is 11.3 Å². The van der Waals surface area contributed by atoms with E-state index >= 15 is 0 Å². The summed E-state index contributed by atoms with van der Waals surface area (Å²) in [5, 5.41) is 11.3. The minimum Gasteiger partial charge on any atom is -0.493 e. The highest BCUT2D eigenvalue weighted by atomic mass is 32.1. The Hall–Kier alpha value is -2.74. The SMILES string of the molecule is CCNC(=NCCCNC(=O)c1cccs1)Nc1ccc(OC)c(OCC)c1. The van der Waals surface area contributed by atoms with Crippen LogP contribution < -0.4 is 25.4 Å². The molecule has 0 radical (unpaired) electrons. The monoisotopic (exact) mass is 404 g/mol. The summed E-state index contributed by atoms with van der Waals surface area (Å²) in [4.78, 5) is 17.2. The first-order chi connectivity index (χ1) is 13.7. The van der Waals surface area contributed by atoms with Crippen LogP contribution in [0.2, 0.25) is 0 Å². The third-order valence-electron chi connectivity index (χ3n) is 3.71. The van der Waals surface area contributed by atoms with Crippen LogP contribution in [-0.4, -0.2) is 45.2 Å². The molecule has 1 heterocycles. The van der Waals surface area contributed by atoms with Crippen molar-refractivity contribution in [3.8, 4) is 11.5 Å². The molecule has 8 heteroatoms. The van der Waals surface area contributed by atoms with Crippen molar-refractivity contribution >= 4 is 28.9 Å². The molecule has 2 rings (SSSR count). The molecule has 7 nitrogen and oxygen atoms in total. The second-order valence-corrected chi connectivity index (χ2v) is 6.72. The molecule has 2 aromatic rings. The maximum atomic E-state index is 11.9. The van der Waals surface area contributed by atoms with Crippen LogP contribution in [-0.2, 0) is 0 Å². The lowest BCUT2D eigenvalue weighted by Crippen LogP contribution is -2.31. The minimum atomic E-state index is -0.0364. The number of carbonyl (C=O) groups excluding carboxylic acids is 1. The Balaban J connectivity index is 1.87. The Morgan fingerprint density at radius 3 is 2.71 bits per heavy atom. The normalized spacial score (nSPS) is 11.0. The summed E-state index contributed by atoms with van der Waals surface area (Å²) < 4.78 is 10.9. The number of nitrogens with zero attached hydrogens (tertiary/aromatic N) is 1. The van der Waals surface area contributed by atoms with E-state index in [9.17, 15) is 4.79 Å². The first-order valence-corrected chi connectivity index (χ1v) is 10.2. The molecular weight excluding hydrogens is 376 g/mol. The van der Waals surface area contributed by atoms with Crippen LogP contribution in [0.4, 0.5) is 5.69 Å². The van der Waals surface area contributed by atoms with Gasteiger partial charge in [0, 0.05) is 31.4 Å². The van der Waals surface area contributed by atoms with Crippen LogP contribution in [0.3, 0.4) is 0 Å². The quantitative estimate of drug-likeness (QED) is 0.321. The molecule has 0 bridgehead atoms. The summed E-state index contributed by atoms with van der Waals surface area (Å²) >= 11 is 1.44.